The van der Waals surface area contributed by atoms with Crippen LogP contribution in [0.5, 0.6) is 0 Å². The first kappa shape index (κ1) is 18.0. The molecule has 1 aromatic heterocycles. The van der Waals surface area contributed by atoms with Crippen LogP contribution in [0.25, 0.3) is 0 Å². The number of carbonyl (C=O) groups excluding carboxylic acids is 2. The minimum atomic E-state index is -0.520. The van der Waals surface area contributed by atoms with E-state index in [1.807, 2.05) is 13.8 Å². The third-order valence-electron chi connectivity index (χ3n) is 5.70. The van der Waals surface area contributed by atoms with Crippen LogP contribution in [0.15, 0.2) is 4.52 Å². The number of amides is 2. The van der Waals surface area contributed by atoms with E-state index in [0.29, 0.717) is 42.6 Å². The maximum absolute atomic E-state index is 13.0. The van der Waals surface area contributed by atoms with Gasteiger partial charge in [-0.2, -0.15) is 0 Å². The van der Waals surface area contributed by atoms with E-state index >= 15 is 0 Å². The molecule has 0 bridgehead atoms. The maximum Gasteiger partial charge on any atom is 0.259 e. The molecule has 0 spiro atoms. The lowest BCUT2D eigenvalue weighted by Crippen LogP contribution is -2.53. The van der Waals surface area contributed by atoms with Crippen molar-refractivity contribution in [1.82, 2.24) is 15.4 Å². The number of aromatic nitrogens is 1. The number of rotatable bonds is 4. The van der Waals surface area contributed by atoms with Gasteiger partial charge >= 0.3 is 0 Å². The SMILES string of the molecule is CCc1noc(C)c1C(=O)N1CCCC(C)(C(=O)NC2CCCC2)C1. The summed E-state index contributed by atoms with van der Waals surface area (Å²) in [7, 11) is 0. The lowest BCUT2D eigenvalue weighted by atomic mass is 9.80. The average Bonchev–Trinajstić information content (AvgIpc) is 3.23. The minimum absolute atomic E-state index is 0.0600. The Labute approximate surface area is 149 Å². The van der Waals surface area contributed by atoms with Crippen molar-refractivity contribution in [3.05, 3.63) is 17.0 Å². The molecule has 3 rings (SSSR count). The molecule has 1 N–H and O–H groups in total. The lowest BCUT2D eigenvalue weighted by Gasteiger charge is -2.39. The Morgan fingerprint density at radius 2 is 2.04 bits per heavy atom. The third kappa shape index (κ3) is 3.58. The van der Waals surface area contributed by atoms with Gasteiger partial charge in [-0.3, -0.25) is 9.59 Å². The number of hydrogen-bond donors (Lipinski definition) is 1. The average molecular weight is 347 g/mol. The largest absolute Gasteiger partial charge is 0.361 e. The van der Waals surface area contributed by atoms with Gasteiger partial charge in [0.1, 0.15) is 11.3 Å². The van der Waals surface area contributed by atoms with Crippen LogP contribution in [0.3, 0.4) is 0 Å². The first-order chi connectivity index (χ1) is 11.9. The van der Waals surface area contributed by atoms with Gasteiger partial charge in [0.25, 0.3) is 5.91 Å². The summed E-state index contributed by atoms with van der Waals surface area (Å²) in [4.78, 5) is 27.7. The number of aryl methyl sites for hydroxylation is 2. The van der Waals surface area contributed by atoms with Crippen molar-refractivity contribution in [2.45, 2.75) is 71.8 Å². The number of nitrogens with one attached hydrogen (secondary N) is 1. The molecule has 2 fully saturated rings. The van der Waals surface area contributed by atoms with E-state index in [-0.39, 0.29) is 11.8 Å². The standard InChI is InChI=1S/C19H29N3O3/c1-4-15-16(13(2)25-21-15)17(23)22-11-7-10-19(3,12-22)18(24)20-14-8-5-6-9-14/h14H,4-12H2,1-3H3,(H,20,24). The zero-order chi connectivity index (χ0) is 18.0. The number of hydrogen-bond acceptors (Lipinski definition) is 4. The molecule has 2 amide bonds. The smallest absolute Gasteiger partial charge is 0.259 e. The second-order valence-corrected chi connectivity index (χ2v) is 7.76. The van der Waals surface area contributed by atoms with Crippen LogP contribution in [0.2, 0.25) is 0 Å². The van der Waals surface area contributed by atoms with Gasteiger partial charge in [0.15, 0.2) is 0 Å². The summed E-state index contributed by atoms with van der Waals surface area (Å²) in [5.74, 6) is 0.592. The molecule has 1 unspecified atom stereocenters. The molecule has 1 aromatic rings. The summed E-state index contributed by atoms with van der Waals surface area (Å²) in [6, 6.07) is 0.308. The van der Waals surface area contributed by atoms with Gasteiger partial charge < -0.3 is 14.7 Å². The predicted octanol–water partition coefficient (Wildman–Crippen LogP) is 2.85. The summed E-state index contributed by atoms with van der Waals surface area (Å²) >= 11 is 0. The van der Waals surface area contributed by atoms with Crippen molar-refractivity contribution in [2.24, 2.45) is 5.41 Å². The second-order valence-electron chi connectivity index (χ2n) is 7.76. The molecule has 0 aromatic carbocycles. The molecular formula is C19H29N3O3. The second kappa shape index (κ2) is 7.18. The van der Waals surface area contributed by atoms with Gasteiger partial charge in [0, 0.05) is 19.1 Å². The molecular weight excluding hydrogens is 318 g/mol. The molecule has 1 saturated carbocycles. The van der Waals surface area contributed by atoms with Crippen molar-refractivity contribution in [1.29, 1.82) is 0 Å². The molecule has 6 heteroatoms. The molecule has 2 aliphatic rings. The molecule has 2 heterocycles. The Morgan fingerprint density at radius 1 is 1.32 bits per heavy atom. The van der Waals surface area contributed by atoms with Crippen LogP contribution in [0.4, 0.5) is 0 Å². The zero-order valence-electron chi connectivity index (χ0n) is 15.6. The predicted molar refractivity (Wildman–Crippen MR) is 94.3 cm³/mol. The highest BCUT2D eigenvalue weighted by molar-refractivity contribution is 5.96. The van der Waals surface area contributed by atoms with E-state index < -0.39 is 5.41 Å². The fourth-order valence-corrected chi connectivity index (χ4v) is 4.12. The van der Waals surface area contributed by atoms with Crippen molar-refractivity contribution in [2.75, 3.05) is 13.1 Å². The summed E-state index contributed by atoms with van der Waals surface area (Å²) in [6.07, 6.45) is 6.85. The monoisotopic (exact) mass is 347 g/mol. The van der Waals surface area contributed by atoms with Gasteiger partial charge in [-0.05, 0) is 46.0 Å². The van der Waals surface area contributed by atoms with Crippen LogP contribution >= 0.6 is 0 Å². The quantitative estimate of drug-likeness (QED) is 0.909. The van der Waals surface area contributed by atoms with Crippen LogP contribution in [-0.4, -0.2) is 41.0 Å². The highest BCUT2D eigenvalue weighted by Crippen LogP contribution is 2.32. The summed E-state index contributed by atoms with van der Waals surface area (Å²) in [5.41, 5.74) is 0.752. The number of likely N-dealkylation sites (tertiary alicyclic amines) is 1. The first-order valence-corrected chi connectivity index (χ1v) is 9.50. The fourth-order valence-electron chi connectivity index (χ4n) is 4.12. The van der Waals surface area contributed by atoms with Crippen molar-refractivity contribution < 1.29 is 14.1 Å². The lowest BCUT2D eigenvalue weighted by molar-refractivity contribution is -0.133. The molecule has 6 nitrogen and oxygen atoms in total. The molecule has 138 valence electrons. The normalized spacial score (nSPS) is 24.5. The van der Waals surface area contributed by atoms with Crippen LogP contribution in [0.1, 0.15) is 74.2 Å². The van der Waals surface area contributed by atoms with Crippen molar-refractivity contribution in [3.8, 4) is 0 Å². The summed E-state index contributed by atoms with van der Waals surface area (Å²) in [5, 5.41) is 7.20. The fraction of sp³-hybridized carbons (Fsp3) is 0.737. The summed E-state index contributed by atoms with van der Waals surface area (Å²) in [6.45, 7) is 6.85. The Hall–Kier alpha value is -1.85. The third-order valence-corrected chi connectivity index (χ3v) is 5.70. The maximum atomic E-state index is 13.0. The molecule has 0 radical (unpaired) electrons. The van der Waals surface area contributed by atoms with E-state index in [4.69, 9.17) is 4.52 Å². The van der Waals surface area contributed by atoms with Crippen LogP contribution in [-0.2, 0) is 11.2 Å². The van der Waals surface area contributed by atoms with Crippen LogP contribution in [0, 0.1) is 12.3 Å². The Balaban J connectivity index is 1.72. The summed E-state index contributed by atoms with van der Waals surface area (Å²) < 4.78 is 5.21. The van der Waals surface area contributed by atoms with E-state index in [9.17, 15) is 9.59 Å². The number of carbonyl (C=O) groups is 2. The molecule has 1 aliphatic heterocycles. The number of piperidine rings is 1. The Kier molecular flexibility index (Phi) is 5.16. The molecule has 25 heavy (non-hydrogen) atoms. The topological polar surface area (TPSA) is 75.4 Å². The van der Waals surface area contributed by atoms with Gasteiger partial charge in [-0.25, -0.2) is 0 Å². The van der Waals surface area contributed by atoms with Gasteiger partial charge in [0.2, 0.25) is 5.91 Å². The van der Waals surface area contributed by atoms with E-state index in [1.54, 1.807) is 11.8 Å². The van der Waals surface area contributed by atoms with Crippen molar-refractivity contribution >= 4 is 11.8 Å². The highest BCUT2D eigenvalue weighted by Gasteiger charge is 2.41. The van der Waals surface area contributed by atoms with Gasteiger partial charge in [-0.15, -0.1) is 0 Å². The van der Waals surface area contributed by atoms with Gasteiger partial charge in [-0.1, -0.05) is 24.9 Å². The van der Waals surface area contributed by atoms with E-state index in [0.717, 1.165) is 25.7 Å². The van der Waals surface area contributed by atoms with Gasteiger partial charge in [0.05, 0.1) is 11.1 Å². The first-order valence-electron chi connectivity index (χ1n) is 9.50. The Morgan fingerprint density at radius 3 is 2.72 bits per heavy atom. The van der Waals surface area contributed by atoms with E-state index in [2.05, 4.69) is 10.5 Å². The van der Waals surface area contributed by atoms with Crippen LogP contribution < -0.4 is 5.32 Å². The Bertz CT molecular complexity index is 648. The minimum Gasteiger partial charge on any atom is -0.361 e. The zero-order valence-corrected chi connectivity index (χ0v) is 15.6. The highest BCUT2D eigenvalue weighted by atomic mass is 16.5. The number of nitrogens with zero attached hydrogens (tertiary/aromatic N) is 2. The van der Waals surface area contributed by atoms with Crippen molar-refractivity contribution in [3.63, 3.8) is 0 Å². The molecule has 1 atom stereocenters. The molecule has 1 saturated heterocycles. The van der Waals surface area contributed by atoms with E-state index in [1.165, 1.54) is 12.8 Å². The molecule has 1 aliphatic carbocycles.